The summed E-state index contributed by atoms with van der Waals surface area (Å²) in [4.78, 5) is 0. The van der Waals surface area contributed by atoms with Gasteiger partial charge in [0.15, 0.2) is 0 Å². The lowest BCUT2D eigenvalue weighted by Gasteiger charge is -2.12. The molecule has 0 heterocycles. The topological polar surface area (TPSA) is 0 Å². The van der Waals surface area contributed by atoms with Gasteiger partial charge in [-0.05, 0) is 37.5 Å². The maximum absolute atomic E-state index is 2.55. The Morgan fingerprint density at radius 3 is 2.42 bits per heavy atom. The Hall–Kier alpha value is -0.260. The molecule has 0 saturated carbocycles. The second-order valence-corrected chi connectivity index (χ2v) is 6.80. The van der Waals surface area contributed by atoms with Crippen molar-refractivity contribution >= 4 is 0 Å². The van der Waals surface area contributed by atoms with Gasteiger partial charge < -0.3 is 0 Å². The molecule has 0 heteroatoms. The molecule has 0 N–H and O–H groups in total. The first-order chi connectivity index (χ1) is 9.26. The summed E-state index contributed by atoms with van der Waals surface area (Å²) in [6.45, 7) is 7.00. The molecule has 0 aromatic carbocycles. The fraction of sp³-hybridized carbons (Fsp3) is 0.895. The van der Waals surface area contributed by atoms with Crippen molar-refractivity contribution in [3.8, 4) is 0 Å². The quantitative estimate of drug-likeness (QED) is 0.281. The van der Waals surface area contributed by atoms with Crippen molar-refractivity contribution in [1.29, 1.82) is 0 Å². The zero-order valence-electron chi connectivity index (χ0n) is 13.7. The molecule has 1 rings (SSSR count). The van der Waals surface area contributed by atoms with Gasteiger partial charge in [0.25, 0.3) is 0 Å². The van der Waals surface area contributed by atoms with E-state index in [1.54, 1.807) is 5.57 Å². The summed E-state index contributed by atoms with van der Waals surface area (Å²) in [5.41, 5.74) is 1.77. The third-order valence-electron chi connectivity index (χ3n) is 4.81. The highest BCUT2D eigenvalue weighted by molar-refractivity contribution is 5.10. The van der Waals surface area contributed by atoms with Crippen LogP contribution in [0.2, 0.25) is 0 Å². The minimum Gasteiger partial charge on any atom is -0.0850 e. The van der Waals surface area contributed by atoms with E-state index in [4.69, 9.17) is 0 Å². The largest absolute Gasteiger partial charge is 0.0850 e. The average Bonchev–Trinajstić information content (AvgIpc) is 2.85. The number of hydrogen-bond donors (Lipinski definition) is 0. The summed E-state index contributed by atoms with van der Waals surface area (Å²) >= 11 is 0. The molecule has 0 fully saturated rings. The summed E-state index contributed by atoms with van der Waals surface area (Å²) < 4.78 is 0. The highest BCUT2D eigenvalue weighted by Gasteiger charge is 2.17. The molecule has 1 aliphatic rings. The summed E-state index contributed by atoms with van der Waals surface area (Å²) in [5.74, 6) is 1.89. The third-order valence-corrected chi connectivity index (χ3v) is 4.81. The van der Waals surface area contributed by atoms with Gasteiger partial charge in [-0.15, -0.1) is 0 Å². The second-order valence-electron chi connectivity index (χ2n) is 6.80. The molecule has 0 bridgehead atoms. The molecular formula is C19H36. The van der Waals surface area contributed by atoms with Crippen LogP contribution in [0.25, 0.3) is 0 Å². The lowest BCUT2D eigenvalue weighted by atomic mass is 9.93. The molecule has 0 amide bonds. The van der Waals surface area contributed by atoms with Crippen molar-refractivity contribution in [2.24, 2.45) is 11.8 Å². The minimum atomic E-state index is 0.892. The van der Waals surface area contributed by atoms with Crippen LogP contribution in [0.4, 0.5) is 0 Å². The summed E-state index contributed by atoms with van der Waals surface area (Å²) in [6.07, 6.45) is 19.7. The van der Waals surface area contributed by atoms with Gasteiger partial charge >= 0.3 is 0 Å². The average molecular weight is 264 g/mol. The van der Waals surface area contributed by atoms with E-state index in [9.17, 15) is 0 Å². The van der Waals surface area contributed by atoms with E-state index in [1.165, 1.54) is 77.0 Å². The summed E-state index contributed by atoms with van der Waals surface area (Å²) in [5, 5.41) is 0. The van der Waals surface area contributed by atoms with Crippen LogP contribution in [-0.2, 0) is 0 Å². The van der Waals surface area contributed by atoms with E-state index in [0.29, 0.717) is 0 Å². The first kappa shape index (κ1) is 16.8. The van der Waals surface area contributed by atoms with Gasteiger partial charge in [0.2, 0.25) is 0 Å². The molecule has 0 spiro atoms. The fourth-order valence-electron chi connectivity index (χ4n) is 3.24. The van der Waals surface area contributed by atoms with Crippen LogP contribution in [0.3, 0.4) is 0 Å². The van der Waals surface area contributed by atoms with Crippen LogP contribution in [0.5, 0.6) is 0 Å². The Balaban J connectivity index is 1.95. The van der Waals surface area contributed by atoms with Crippen molar-refractivity contribution in [2.75, 3.05) is 0 Å². The Bertz CT molecular complexity index is 238. The number of allylic oxidation sites excluding steroid dienone is 2. The zero-order valence-corrected chi connectivity index (χ0v) is 13.7. The molecule has 0 aromatic heterocycles. The Morgan fingerprint density at radius 1 is 1.05 bits per heavy atom. The highest BCUT2D eigenvalue weighted by atomic mass is 14.2. The SMILES string of the molecule is CCCCCCCCCC1CC=C(C[C@@H](C)CC)C1. The molecule has 2 atom stereocenters. The predicted octanol–water partition coefficient (Wildman–Crippen LogP) is 6.90. The molecule has 0 aliphatic heterocycles. The molecule has 0 nitrogen and oxygen atoms in total. The van der Waals surface area contributed by atoms with Crippen molar-refractivity contribution < 1.29 is 0 Å². The van der Waals surface area contributed by atoms with E-state index in [0.717, 1.165) is 11.8 Å². The van der Waals surface area contributed by atoms with Gasteiger partial charge in [-0.2, -0.15) is 0 Å². The third kappa shape index (κ3) is 7.80. The predicted molar refractivity (Wildman–Crippen MR) is 87.5 cm³/mol. The lowest BCUT2D eigenvalue weighted by molar-refractivity contribution is 0.458. The van der Waals surface area contributed by atoms with E-state index >= 15 is 0 Å². The second kappa shape index (κ2) is 10.5. The van der Waals surface area contributed by atoms with E-state index in [1.807, 2.05) is 0 Å². The monoisotopic (exact) mass is 264 g/mol. The Kier molecular flexibility index (Phi) is 9.30. The van der Waals surface area contributed by atoms with Gasteiger partial charge in [-0.25, -0.2) is 0 Å². The van der Waals surface area contributed by atoms with Crippen LogP contribution in [0.15, 0.2) is 11.6 Å². The molecule has 1 unspecified atom stereocenters. The van der Waals surface area contributed by atoms with Crippen LogP contribution in [0.1, 0.15) is 97.8 Å². The zero-order chi connectivity index (χ0) is 13.9. The van der Waals surface area contributed by atoms with Gasteiger partial charge in [-0.3, -0.25) is 0 Å². The molecule has 1 aliphatic carbocycles. The van der Waals surface area contributed by atoms with Crippen LogP contribution in [-0.4, -0.2) is 0 Å². The van der Waals surface area contributed by atoms with E-state index in [2.05, 4.69) is 26.8 Å². The number of rotatable bonds is 11. The maximum Gasteiger partial charge on any atom is -0.0289 e. The van der Waals surface area contributed by atoms with Crippen molar-refractivity contribution in [1.82, 2.24) is 0 Å². The van der Waals surface area contributed by atoms with Crippen molar-refractivity contribution in [3.63, 3.8) is 0 Å². The molecule has 112 valence electrons. The molecule has 0 saturated heterocycles. The van der Waals surface area contributed by atoms with Crippen LogP contribution >= 0.6 is 0 Å². The standard InChI is InChI=1S/C19H36/c1-4-6-7-8-9-10-11-12-18-13-14-19(16-18)15-17(3)5-2/h14,17-18H,4-13,15-16H2,1-3H3/t17-,18?/m0/s1. The number of hydrogen-bond acceptors (Lipinski definition) is 0. The molecule has 19 heavy (non-hydrogen) atoms. The summed E-state index contributed by atoms with van der Waals surface area (Å²) in [7, 11) is 0. The van der Waals surface area contributed by atoms with E-state index in [-0.39, 0.29) is 0 Å². The van der Waals surface area contributed by atoms with Crippen LogP contribution < -0.4 is 0 Å². The fourth-order valence-corrected chi connectivity index (χ4v) is 3.24. The lowest BCUT2D eigenvalue weighted by Crippen LogP contribution is -1.98. The smallest absolute Gasteiger partial charge is 0.0289 e. The Labute approximate surface area is 122 Å². The van der Waals surface area contributed by atoms with Gasteiger partial charge in [0.05, 0.1) is 0 Å². The first-order valence-corrected chi connectivity index (χ1v) is 8.94. The van der Waals surface area contributed by atoms with Crippen LogP contribution in [0, 0.1) is 11.8 Å². The van der Waals surface area contributed by atoms with Gasteiger partial charge in [0, 0.05) is 0 Å². The molecular weight excluding hydrogens is 228 g/mol. The normalized spacial score (nSPS) is 20.6. The Morgan fingerprint density at radius 2 is 1.74 bits per heavy atom. The highest BCUT2D eigenvalue weighted by Crippen LogP contribution is 2.33. The maximum atomic E-state index is 2.55. The van der Waals surface area contributed by atoms with Crippen molar-refractivity contribution in [3.05, 3.63) is 11.6 Å². The van der Waals surface area contributed by atoms with Crippen molar-refractivity contribution in [2.45, 2.75) is 97.8 Å². The first-order valence-electron chi connectivity index (χ1n) is 8.94. The van der Waals surface area contributed by atoms with Gasteiger partial charge in [-0.1, -0.05) is 83.8 Å². The minimum absolute atomic E-state index is 0.892. The summed E-state index contributed by atoms with van der Waals surface area (Å²) in [6, 6.07) is 0. The number of unbranched alkanes of at least 4 members (excludes halogenated alkanes) is 6. The molecule has 0 radical (unpaired) electrons. The van der Waals surface area contributed by atoms with Gasteiger partial charge in [0.1, 0.15) is 0 Å². The molecule has 0 aromatic rings. The van der Waals surface area contributed by atoms with E-state index < -0.39 is 0 Å².